The van der Waals surface area contributed by atoms with Crippen LogP contribution in [0.4, 0.5) is 0 Å². The lowest BCUT2D eigenvalue weighted by Crippen LogP contribution is -1.91. The van der Waals surface area contributed by atoms with Crippen molar-refractivity contribution in [2.75, 3.05) is 0 Å². The van der Waals surface area contributed by atoms with Crippen LogP contribution in [0.2, 0.25) is 0 Å². The van der Waals surface area contributed by atoms with Gasteiger partial charge < -0.3 is 9.84 Å². The average molecular weight is 294 g/mol. The molecule has 1 aromatic carbocycles. The number of aromatic nitrogens is 1. The normalized spacial score (nSPS) is 10.3. The Morgan fingerprint density at radius 3 is 2.76 bits per heavy atom. The summed E-state index contributed by atoms with van der Waals surface area (Å²) in [5.74, 6) is 1.28. The van der Waals surface area contributed by atoms with Gasteiger partial charge in [-0.05, 0) is 36.2 Å². The molecular weight excluding hydrogens is 282 g/mol. The van der Waals surface area contributed by atoms with Crippen LogP contribution in [-0.2, 0) is 6.61 Å². The molecule has 4 heteroatoms. The number of benzene rings is 1. The first-order valence-corrected chi connectivity index (χ1v) is 5.98. The van der Waals surface area contributed by atoms with Crippen LogP contribution in [0.1, 0.15) is 11.1 Å². The summed E-state index contributed by atoms with van der Waals surface area (Å²) < 4.78 is 6.63. The number of nitrogens with zero attached hydrogens (tertiary/aromatic N) is 1. The van der Waals surface area contributed by atoms with E-state index in [0.717, 1.165) is 21.3 Å². The minimum atomic E-state index is -0.0107. The molecule has 0 spiro atoms. The first kappa shape index (κ1) is 12.1. The minimum absolute atomic E-state index is 0.0107. The van der Waals surface area contributed by atoms with Gasteiger partial charge in [0.1, 0.15) is 5.75 Å². The average Bonchev–Trinajstić information content (AvgIpc) is 2.35. The Morgan fingerprint density at radius 2 is 2.12 bits per heavy atom. The van der Waals surface area contributed by atoms with Crippen LogP contribution in [-0.4, -0.2) is 10.1 Å². The highest BCUT2D eigenvalue weighted by Gasteiger charge is 2.03. The maximum absolute atomic E-state index is 8.91. The van der Waals surface area contributed by atoms with Crippen LogP contribution in [0.5, 0.6) is 11.6 Å². The summed E-state index contributed by atoms with van der Waals surface area (Å²) in [4.78, 5) is 4.12. The lowest BCUT2D eigenvalue weighted by molar-refractivity contribution is 0.281. The zero-order valence-electron chi connectivity index (χ0n) is 9.35. The summed E-state index contributed by atoms with van der Waals surface area (Å²) in [6, 6.07) is 9.37. The van der Waals surface area contributed by atoms with Gasteiger partial charge in [-0.1, -0.05) is 22.0 Å². The van der Waals surface area contributed by atoms with Crippen molar-refractivity contribution in [1.82, 2.24) is 4.98 Å². The topological polar surface area (TPSA) is 42.4 Å². The lowest BCUT2D eigenvalue weighted by atomic mass is 10.2. The second kappa shape index (κ2) is 5.29. The molecule has 2 aromatic rings. The fraction of sp³-hybridized carbons (Fsp3) is 0.154. The zero-order valence-corrected chi connectivity index (χ0v) is 10.9. The number of pyridine rings is 1. The first-order chi connectivity index (χ1) is 8.19. The highest BCUT2D eigenvalue weighted by molar-refractivity contribution is 9.10. The third-order valence-corrected chi connectivity index (χ3v) is 2.84. The number of hydrogen-bond acceptors (Lipinski definition) is 3. The number of halogens is 1. The van der Waals surface area contributed by atoms with Gasteiger partial charge in [0, 0.05) is 16.7 Å². The van der Waals surface area contributed by atoms with Gasteiger partial charge in [-0.2, -0.15) is 0 Å². The first-order valence-electron chi connectivity index (χ1n) is 5.19. The molecule has 0 saturated heterocycles. The second-order valence-corrected chi connectivity index (χ2v) is 4.59. The van der Waals surface area contributed by atoms with Gasteiger partial charge in [-0.25, -0.2) is 4.98 Å². The molecule has 88 valence electrons. The third-order valence-electron chi connectivity index (χ3n) is 2.34. The second-order valence-electron chi connectivity index (χ2n) is 3.67. The molecule has 17 heavy (non-hydrogen) atoms. The highest BCUT2D eigenvalue weighted by atomic mass is 79.9. The predicted molar refractivity (Wildman–Crippen MR) is 69.1 cm³/mol. The number of aliphatic hydroxyl groups excluding tert-OH is 1. The molecule has 0 aliphatic heterocycles. The molecule has 1 heterocycles. The van der Waals surface area contributed by atoms with E-state index in [9.17, 15) is 0 Å². The fourth-order valence-electron chi connectivity index (χ4n) is 1.36. The van der Waals surface area contributed by atoms with Crippen LogP contribution >= 0.6 is 15.9 Å². The molecule has 0 fully saturated rings. The molecule has 0 radical (unpaired) electrons. The summed E-state index contributed by atoms with van der Waals surface area (Å²) in [6.45, 7) is 1.97. The standard InChI is InChI=1S/C13H12BrNO2/c1-9-2-4-11(14)6-12(9)17-13-5-3-10(8-16)7-15-13/h2-7,16H,8H2,1H3. The Morgan fingerprint density at radius 1 is 1.29 bits per heavy atom. The maximum atomic E-state index is 8.91. The molecule has 0 aliphatic rings. The molecule has 2 rings (SSSR count). The number of hydrogen-bond donors (Lipinski definition) is 1. The van der Waals surface area contributed by atoms with Gasteiger partial charge in [0.15, 0.2) is 0 Å². The molecule has 1 aromatic heterocycles. The van der Waals surface area contributed by atoms with E-state index in [1.165, 1.54) is 0 Å². The van der Waals surface area contributed by atoms with E-state index < -0.39 is 0 Å². The molecule has 0 atom stereocenters. The van der Waals surface area contributed by atoms with Crippen LogP contribution in [0.3, 0.4) is 0 Å². The Balaban J connectivity index is 2.22. The molecule has 0 amide bonds. The van der Waals surface area contributed by atoms with Gasteiger partial charge in [0.2, 0.25) is 5.88 Å². The maximum Gasteiger partial charge on any atom is 0.219 e. The van der Waals surface area contributed by atoms with E-state index >= 15 is 0 Å². The fourth-order valence-corrected chi connectivity index (χ4v) is 1.70. The summed E-state index contributed by atoms with van der Waals surface area (Å²) in [7, 11) is 0. The smallest absolute Gasteiger partial charge is 0.219 e. The van der Waals surface area contributed by atoms with E-state index in [1.54, 1.807) is 18.3 Å². The van der Waals surface area contributed by atoms with Gasteiger partial charge in [-0.15, -0.1) is 0 Å². The Kier molecular flexibility index (Phi) is 3.76. The van der Waals surface area contributed by atoms with E-state index in [-0.39, 0.29) is 6.61 Å². The van der Waals surface area contributed by atoms with Crippen molar-refractivity contribution in [3.05, 3.63) is 52.1 Å². The van der Waals surface area contributed by atoms with E-state index in [0.29, 0.717) is 5.88 Å². The number of rotatable bonds is 3. The highest BCUT2D eigenvalue weighted by Crippen LogP contribution is 2.26. The van der Waals surface area contributed by atoms with E-state index in [4.69, 9.17) is 9.84 Å². The number of ether oxygens (including phenoxy) is 1. The molecule has 3 nitrogen and oxygen atoms in total. The SMILES string of the molecule is Cc1ccc(Br)cc1Oc1ccc(CO)cn1. The van der Waals surface area contributed by atoms with Crippen molar-refractivity contribution >= 4 is 15.9 Å². The zero-order chi connectivity index (χ0) is 12.3. The Hall–Kier alpha value is -1.39. The molecule has 0 saturated carbocycles. The summed E-state index contributed by atoms with van der Waals surface area (Å²) in [6.07, 6.45) is 1.60. The van der Waals surface area contributed by atoms with Gasteiger partial charge in [-0.3, -0.25) is 0 Å². The van der Waals surface area contributed by atoms with Gasteiger partial charge >= 0.3 is 0 Å². The predicted octanol–water partition coefficient (Wildman–Crippen LogP) is 3.44. The summed E-state index contributed by atoms with van der Waals surface area (Å²) >= 11 is 3.40. The van der Waals surface area contributed by atoms with Gasteiger partial charge in [0.05, 0.1) is 6.61 Å². The van der Waals surface area contributed by atoms with Crippen molar-refractivity contribution in [3.8, 4) is 11.6 Å². The number of aliphatic hydroxyl groups is 1. The van der Waals surface area contributed by atoms with Crippen LogP contribution in [0.25, 0.3) is 0 Å². The Bertz CT molecular complexity index is 511. The van der Waals surface area contributed by atoms with Crippen LogP contribution < -0.4 is 4.74 Å². The van der Waals surface area contributed by atoms with Crippen molar-refractivity contribution < 1.29 is 9.84 Å². The lowest BCUT2D eigenvalue weighted by Gasteiger charge is -2.08. The molecule has 0 aliphatic carbocycles. The van der Waals surface area contributed by atoms with E-state index in [2.05, 4.69) is 20.9 Å². The molecule has 1 N–H and O–H groups in total. The van der Waals surface area contributed by atoms with Crippen LogP contribution in [0, 0.1) is 6.92 Å². The quantitative estimate of drug-likeness (QED) is 0.943. The number of aryl methyl sites for hydroxylation is 1. The molecule has 0 bridgehead atoms. The Labute approximate surface area is 108 Å². The molecular formula is C13H12BrNO2. The van der Waals surface area contributed by atoms with Crippen LogP contribution in [0.15, 0.2) is 41.0 Å². The monoisotopic (exact) mass is 293 g/mol. The largest absolute Gasteiger partial charge is 0.439 e. The van der Waals surface area contributed by atoms with Gasteiger partial charge in [0.25, 0.3) is 0 Å². The minimum Gasteiger partial charge on any atom is -0.439 e. The third kappa shape index (κ3) is 3.05. The summed E-state index contributed by atoms with van der Waals surface area (Å²) in [5, 5.41) is 8.91. The van der Waals surface area contributed by atoms with Crippen molar-refractivity contribution in [3.63, 3.8) is 0 Å². The summed E-state index contributed by atoms with van der Waals surface area (Å²) in [5.41, 5.74) is 1.81. The van der Waals surface area contributed by atoms with E-state index in [1.807, 2.05) is 25.1 Å². The van der Waals surface area contributed by atoms with Crippen molar-refractivity contribution in [2.24, 2.45) is 0 Å². The molecule has 0 unspecified atom stereocenters. The van der Waals surface area contributed by atoms with Crippen molar-refractivity contribution in [1.29, 1.82) is 0 Å². The van der Waals surface area contributed by atoms with Crippen molar-refractivity contribution in [2.45, 2.75) is 13.5 Å².